The van der Waals surface area contributed by atoms with Crippen LogP contribution >= 0.6 is 0 Å². The Labute approximate surface area is 109 Å². The molecule has 0 aliphatic heterocycles. The highest BCUT2D eigenvalue weighted by Crippen LogP contribution is 2.29. The van der Waals surface area contributed by atoms with E-state index in [1.165, 1.54) is 56.9 Å². The van der Waals surface area contributed by atoms with Crippen LogP contribution in [0.2, 0.25) is 0 Å². The van der Waals surface area contributed by atoms with Crippen LogP contribution in [0.25, 0.3) is 0 Å². The van der Waals surface area contributed by atoms with Gasteiger partial charge in [-0.2, -0.15) is 0 Å². The molecule has 0 aliphatic carbocycles. The molecule has 0 radical (unpaired) electrons. The van der Waals surface area contributed by atoms with Crippen LogP contribution in [0.3, 0.4) is 0 Å². The maximum Gasteiger partial charge on any atom is -0.0183 e. The monoisotopic (exact) mass is 236 g/mol. The van der Waals surface area contributed by atoms with E-state index < -0.39 is 0 Å². The Kier molecular flexibility index (Phi) is 10.3. The van der Waals surface area contributed by atoms with Gasteiger partial charge in [-0.3, -0.25) is 0 Å². The summed E-state index contributed by atoms with van der Waals surface area (Å²) in [7, 11) is 0. The van der Waals surface area contributed by atoms with E-state index in [1.807, 2.05) is 6.08 Å². The average Bonchev–Trinajstić information content (AvgIpc) is 2.30. The molecule has 0 saturated carbocycles. The molecule has 0 fully saturated rings. The summed E-state index contributed by atoms with van der Waals surface area (Å²) in [5, 5.41) is 0. The summed E-state index contributed by atoms with van der Waals surface area (Å²) >= 11 is 0. The first-order chi connectivity index (χ1) is 8.17. The molecular formula is C17H32. The third-order valence-electron chi connectivity index (χ3n) is 3.79. The molecular weight excluding hydrogens is 204 g/mol. The van der Waals surface area contributed by atoms with Crippen LogP contribution in [0, 0.1) is 11.8 Å². The van der Waals surface area contributed by atoms with Gasteiger partial charge in [0.25, 0.3) is 0 Å². The summed E-state index contributed by atoms with van der Waals surface area (Å²) in [5.74, 6) is 1.55. The van der Waals surface area contributed by atoms with Crippen LogP contribution in [0.1, 0.15) is 72.1 Å². The van der Waals surface area contributed by atoms with Crippen LogP contribution in [0.5, 0.6) is 0 Å². The summed E-state index contributed by atoms with van der Waals surface area (Å²) in [6.07, 6.45) is 12.3. The van der Waals surface area contributed by atoms with Gasteiger partial charge >= 0.3 is 0 Å². The van der Waals surface area contributed by atoms with Gasteiger partial charge in [-0.25, -0.2) is 0 Å². The number of rotatable bonds is 11. The second-order valence-electron chi connectivity index (χ2n) is 5.33. The molecule has 17 heavy (non-hydrogen) atoms. The second kappa shape index (κ2) is 10.6. The normalized spacial score (nSPS) is 14.3. The van der Waals surface area contributed by atoms with E-state index in [4.69, 9.17) is 0 Å². The molecule has 0 aliphatic rings. The fourth-order valence-electron chi connectivity index (χ4n) is 2.73. The van der Waals surface area contributed by atoms with Crippen LogP contribution in [-0.2, 0) is 0 Å². The molecule has 0 N–H and O–H groups in total. The van der Waals surface area contributed by atoms with Crippen molar-refractivity contribution in [3.63, 3.8) is 0 Å². The molecule has 2 atom stereocenters. The lowest BCUT2D eigenvalue weighted by molar-refractivity contribution is 0.354. The SMILES string of the molecule is C=CCCCCCC(C)[C@H](CC)C(=C)CCC. The molecule has 0 heterocycles. The lowest BCUT2D eigenvalue weighted by Gasteiger charge is -2.25. The van der Waals surface area contributed by atoms with Crippen molar-refractivity contribution >= 4 is 0 Å². The molecule has 0 amide bonds. The Morgan fingerprint density at radius 1 is 1.18 bits per heavy atom. The van der Waals surface area contributed by atoms with Gasteiger partial charge in [0, 0.05) is 0 Å². The fraction of sp³-hybridized carbons (Fsp3) is 0.765. The molecule has 0 nitrogen and oxygen atoms in total. The van der Waals surface area contributed by atoms with Gasteiger partial charge in [0.2, 0.25) is 0 Å². The third-order valence-corrected chi connectivity index (χ3v) is 3.79. The predicted molar refractivity (Wildman–Crippen MR) is 80.3 cm³/mol. The Morgan fingerprint density at radius 3 is 2.41 bits per heavy atom. The Balaban J connectivity index is 3.86. The minimum absolute atomic E-state index is 0.745. The standard InChI is InChI=1S/C17H32/c1-6-9-10-11-12-14-16(5)17(8-3)15(4)13-7-2/h6,16-17H,1,4,7-14H2,2-3,5H3/t16?,17-/m1/s1. The number of hydrogen-bond acceptors (Lipinski definition) is 0. The fourth-order valence-corrected chi connectivity index (χ4v) is 2.73. The molecule has 100 valence electrons. The first kappa shape index (κ1) is 16.5. The number of hydrogen-bond donors (Lipinski definition) is 0. The highest BCUT2D eigenvalue weighted by Gasteiger charge is 2.17. The maximum absolute atomic E-state index is 4.28. The molecule has 0 saturated heterocycles. The molecule has 0 aromatic rings. The minimum Gasteiger partial charge on any atom is -0.103 e. The van der Waals surface area contributed by atoms with Crippen molar-refractivity contribution in [1.29, 1.82) is 0 Å². The van der Waals surface area contributed by atoms with Gasteiger partial charge in [-0.05, 0) is 37.5 Å². The van der Waals surface area contributed by atoms with Crippen LogP contribution in [-0.4, -0.2) is 0 Å². The van der Waals surface area contributed by atoms with Gasteiger partial charge in [0.05, 0.1) is 0 Å². The van der Waals surface area contributed by atoms with Crippen molar-refractivity contribution in [3.8, 4) is 0 Å². The largest absolute Gasteiger partial charge is 0.103 e. The summed E-state index contributed by atoms with van der Waals surface area (Å²) in [5.41, 5.74) is 1.48. The lowest BCUT2D eigenvalue weighted by Crippen LogP contribution is -2.13. The van der Waals surface area contributed by atoms with E-state index in [-0.39, 0.29) is 0 Å². The van der Waals surface area contributed by atoms with Gasteiger partial charge in [-0.1, -0.05) is 64.7 Å². The van der Waals surface area contributed by atoms with Gasteiger partial charge < -0.3 is 0 Å². The van der Waals surface area contributed by atoms with Crippen molar-refractivity contribution in [2.45, 2.75) is 72.1 Å². The molecule has 0 aromatic carbocycles. The van der Waals surface area contributed by atoms with Crippen LogP contribution < -0.4 is 0 Å². The Morgan fingerprint density at radius 2 is 1.88 bits per heavy atom. The minimum atomic E-state index is 0.745. The van der Waals surface area contributed by atoms with E-state index in [2.05, 4.69) is 33.9 Å². The zero-order chi connectivity index (χ0) is 13.1. The lowest BCUT2D eigenvalue weighted by atomic mass is 9.81. The molecule has 0 spiro atoms. The van der Waals surface area contributed by atoms with Crippen LogP contribution in [0.4, 0.5) is 0 Å². The van der Waals surface area contributed by atoms with Crippen LogP contribution in [0.15, 0.2) is 24.8 Å². The molecule has 0 aromatic heterocycles. The molecule has 0 bridgehead atoms. The van der Waals surface area contributed by atoms with E-state index in [9.17, 15) is 0 Å². The summed E-state index contributed by atoms with van der Waals surface area (Å²) in [4.78, 5) is 0. The zero-order valence-electron chi connectivity index (χ0n) is 12.3. The predicted octanol–water partition coefficient (Wildman–Crippen LogP) is 6.14. The quantitative estimate of drug-likeness (QED) is 0.298. The topological polar surface area (TPSA) is 0 Å². The summed E-state index contributed by atoms with van der Waals surface area (Å²) < 4.78 is 0. The molecule has 0 rings (SSSR count). The summed E-state index contributed by atoms with van der Waals surface area (Å²) in [6.45, 7) is 15.0. The van der Waals surface area contributed by atoms with Gasteiger partial charge in [0.1, 0.15) is 0 Å². The Bertz CT molecular complexity index is 202. The Hall–Kier alpha value is -0.520. The van der Waals surface area contributed by atoms with E-state index in [0.717, 1.165) is 11.8 Å². The average molecular weight is 236 g/mol. The molecule has 1 unspecified atom stereocenters. The van der Waals surface area contributed by atoms with Crippen molar-refractivity contribution < 1.29 is 0 Å². The van der Waals surface area contributed by atoms with Crippen molar-refractivity contribution in [2.24, 2.45) is 11.8 Å². The second-order valence-corrected chi connectivity index (χ2v) is 5.33. The van der Waals surface area contributed by atoms with Gasteiger partial charge in [-0.15, -0.1) is 6.58 Å². The van der Waals surface area contributed by atoms with Crippen molar-refractivity contribution in [1.82, 2.24) is 0 Å². The highest BCUT2D eigenvalue weighted by atomic mass is 14.2. The van der Waals surface area contributed by atoms with Crippen molar-refractivity contribution in [3.05, 3.63) is 24.8 Å². The van der Waals surface area contributed by atoms with Gasteiger partial charge in [0.15, 0.2) is 0 Å². The first-order valence-electron chi connectivity index (χ1n) is 7.45. The van der Waals surface area contributed by atoms with Crippen molar-refractivity contribution in [2.75, 3.05) is 0 Å². The number of allylic oxidation sites excluding steroid dienone is 2. The van der Waals surface area contributed by atoms with E-state index in [1.54, 1.807) is 0 Å². The number of unbranched alkanes of at least 4 members (excludes halogenated alkanes) is 3. The first-order valence-corrected chi connectivity index (χ1v) is 7.45. The zero-order valence-corrected chi connectivity index (χ0v) is 12.3. The third kappa shape index (κ3) is 7.41. The van der Waals surface area contributed by atoms with E-state index in [0.29, 0.717) is 0 Å². The smallest absolute Gasteiger partial charge is 0.0183 e. The summed E-state index contributed by atoms with van der Waals surface area (Å²) in [6, 6.07) is 0. The van der Waals surface area contributed by atoms with E-state index >= 15 is 0 Å². The maximum atomic E-state index is 4.28. The highest BCUT2D eigenvalue weighted by molar-refractivity contribution is 5.01. The molecule has 0 heteroatoms.